The van der Waals surface area contributed by atoms with E-state index in [1.165, 1.54) is 25.8 Å². The van der Waals surface area contributed by atoms with Crippen molar-refractivity contribution in [3.63, 3.8) is 0 Å². The summed E-state index contributed by atoms with van der Waals surface area (Å²) in [5.74, 6) is 2.64. The molecule has 1 spiro atoms. The van der Waals surface area contributed by atoms with Gasteiger partial charge in [-0.1, -0.05) is 39.3 Å². The molecule has 9 rings (SSSR count). The molecule has 0 aromatic heterocycles. The summed E-state index contributed by atoms with van der Waals surface area (Å²) in [4.78, 5) is 0. The molecule has 5 aliphatic heterocycles. The van der Waals surface area contributed by atoms with Gasteiger partial charge >= 0.3 is 0 Å². The van der Waals surface area contributed by atoms with Crippen molar-refractivity contribution in [2.75, 3.05) is 13.2 Å². The van der Waals surface area contributed by atoms with Crippen LogP contribution < -0.4 is 0 Å². The Balaban J connectivity index is 0.916. The minimum Gasteiger partial charge on any atom is -0.394 e. The monoisotopic (exact) mass is 868 g/mol. The molecule has 18 unspecified atom stereocenters. The lowest BCUT2D eigenvalue weighted by Gasteiger charge is -2.58. The van der Waals surface area contributed by atoms with Gasteiger partial charge < -0.3 is 78.7 Å². The van der Waals surface area contributed by atoms with Gasteiger partial charge in [0.2, 0.25) is 0 Å². The van der Waals surface area contributed by atoms with E-state index in [9.17, 15) is 40.9 Å². The first-order chi connectivity index (χ1) is 28.9. The summed E-state index contributed by atoms with van der Waals surface area (Å²) in [7, 11) is 0. The van der Waals surface area contributed by atoms with Gasteiger partial charge in [-0.2, -0.15) is 0 Å². The number of aliphatic hydroxyl groups excluding tert-OH is 8. The van der Waals surface area contributed by atoms with E-state index in [-0.39, 0.29) is 23.0 Å². The first-order valence-electron chi connectivity index (χ1n) is 23.2. The highest BCUT2D eigenvalue weighted by Gasteiger charge is 2.69. The SMILES string of the molecule is CC1OC(OC2[C@H](O[C@H]3CC[C@@]4(C)C(=CCC5C6CC7OC8(CC[C@@H](C)CO8)[C@@H](C)C7[C@@]6(C)CCC54)C3)OC(CO)[C@@H](OC3OC(C)C(O)C(O)C3O)[C@@H]2O)C(O)C(O)C1O. The van der Waals surface area contributed by atoms with E-state index in [4.69, 9.17) is 37.9 Å². The molecule has 4 aliphatic carbocycles. The third-order valence-corrected chi connectivity index (χ3v) is 17.6. The van der Waals surface area contributed by atoms with Gasteiger partial charge in [0, 0.05) is 12.3 Å². The Bertz CT molecular complexity index is 1590. The highest BCUT2D eigenvalue weighted by Crippen LogP contribution is 2.70. The van der Waals surface area contributed by atoms with Crippen molar-refractivity contribution >= 4 is 0 Å². The van der Waals surface area contributed by atoms with E-state index >= 15 is 0 Å². The number of hydrogen-bond donors (Lipinski definition) is 8. The molecule has 8 fully saturated rings. The fourth-order valence-corrected chi connectivity index (χ4v) is 14.0. The van der Waals surface area contributed by atoms with Gasteiger partial charge in [-0.05, 0) is 106 Å². The Labute approximate surface area is 358 Å². The molecule has 0 bridgehead atoms. The maximum absolute atomic E-state index is 12.0. The van der Waals surface area contributed by atoms with Gasteiger partial charge in [0.05, 0.1) is 37.6 Å². The smallest absolute Gasteiger partial charge is 0.187 e. The van der Waals surface area contributed by atoms with Gasteiger partial charge in [-0.15, -0.1) is 0 Å². The van der Waals surface area contributed by atoms with E-state index in [0.29, 0.717) is 48.3 Å². The van der Waals surface area contributed by atoms with Crippen LogP contribution in [0.5, 0.6) is 0 Å². The normalized spacial score (nSPS) is 58.4. The van der Waals surface area contributed by atoms with Crippen LogP contribution in [-0.2, 0) is 37.9 Å². The van der Waals surface area contributed by atoms with E-state index in [2.05, 4.69) is 33.8 Å². The van der Waals surface area contributed by atoms with Gasteiger partial charge in [-0.25, -0.2) is 0 Å². The second-order valence-electron chi connectivity index (χ2n) is 21.1. The number of allylic oxidation sites excluding steroid dienone is 1. The van der Waals surface area contributed by atoms with Crippen LogP contribution in [0.2, 0.25) is 0 Å². The van der Waals surface area contributed by atoms with Crippen molar-refractivity contribution < 1.29 is 78.7 Å². The van der Waals surface area contributed by atoms with Crippen molar-refractivity contribution in [2.24, 2.45) is 46.3 Å². The summed E-state index contributed by atoms with van der Waals surface area (Å²) in [5.41, 5.74) is 1.53. The van der Waals surface area contributed by atoms with Gasteiger partial charge in [-0.3, -0.25) is 0 Å². The first-order valence-corrected chi connectivity index (χ1v) is 23.2. The number of ether oxygens (including phenoxy) is 8. The summed E-state index contributed by atoms with van der Waals surface area (Å²) in [5, 5.41) is 85.9. The fraction of sp³-hybridized carbons (Fsp3) is 0.956. The number of hydrogen-bond acceptors (Lipinski definition) is 16. The molecule has 26 atom stereocenters. The Morgan fingerprint density at radius 3 is 1.97 bits per heavy atom. The molecule has 348 valence electrons. The molecule has 61 heavy (non-hydrogen) atoms. The zero-order valence-corrected chi connectivity index (χ0v) is 36.5. The molecule has 5 saturated heterocycles. The summed E-state index contributed by atoms with van der Waals surface area (Å²) >= 11 is 0. The van der Waals surface area contributed by atoms with Crippen LogP contribution in [0.25, 0.3) is 0 Å². The second-order valence-corrected chi connectivity index (χ2v) is 21.1. The quantitative estimate of drug-likeness (QED) is 0.168. The summed E-state index contributed by atoms with van der Waals surface area (Å²) in [6.07, 6.45) is -10.4. The molecular formula is C45H72O16. The Morgan fingerprint density at radius 2 is 1.34 bits per heavy atom. The molecule has 5 heterocycles. The zero-order chi connectivity index (χ0) is 43.5. The molecule has 16 nitrogen and oxygen atoms in total. The average Bonchev–Trinajstić information content (AvgIpc) is 3.69. The summed E-state index contributed by atoms with van der Waals surface area (Å²) < 4.78 is 50.1. The lowest BCUT2D eigenvalue weighted by atomic mass is 9.47. The van der Waals surface area contributed by atoms with Crippen LogP contribution in [0.15, 0.2) is 11.6 Å². The highest BCUT2D eigenvalue weighted by atomic mass is 16.8. The van der Waals surface area contributed by atoms with E-state index < -0.39 is 105 Å². The standard InChI is InChI=1S/C45H72O16/c1-19-9-14-45(54-18-19)20(2)30-28(61-45)16-27-25-8-7-23-15-24(10-12-43(23,5)26(25)11-13-44(27,30)6)57-42-39(60-41-36(52)34(50)32(48)22(4)56-41)37(53)38(29(17-46)58-42)59-40-35(51)33(49)31(47)21(3)55-40/h7,19-22,24-42,46-53H,8-18H2,1-6H3/t19-,20+,21?,22?,24+,25?,26?,27?,28?,29?,30?,31?,32?,33?,34?,35?,36?,37+,38-,39?,40?,41?,42-,43+,44+,45?/m1/s1. The molecular weight excluding hydrogens is 796 g/mol. The van der Waals surface area contributed by atoms with Crippen LogP contribution in [0, 0.1) is 46.3 Å². The summed E-state index contributed by atoms with van der Waals surface area (Å²) in [6.45, 7) is 12.7. The van der Waals surface area contributed by atoms with Crippen molar-refractivity contribution in [2.45, 2.75) is 209 Å². The second kappa shape index (κ2) is 16.8. The molecule has 3 saturated carbocycles. The van der Waals surface area contributed by atoms with Crippen molar-refractivity contribution in [3.05, 3.63) is 11.6 Å². The lowest BCUT2D eigenvalue weighted by Crippen LogP contribution is -2.66. The molecule has 0 aromatic carbocycles. The van der Waals surface area contributed by atoms with Crippen LogP contribution in [-0.4, -0.2) is 164 Å². The maximum Gasteiger partial charge on any atom is 0.187 e. The van der Waals surface area contributed by atoms with Gasteiger partial charge in [0.15, 0.2) is 24.7 Å². The first kappa shape index (κ1) is 45.3. The van der Waals surface area contributed by atoms with Crippen molar-refractivity contribution in [1.82, 2.24) is 0 Å². The van der Waals surface area contributed by atoms with Crippen LogP contribution in [0.3, 0.4) is 0 Å². The number of fused-ring (bicyclic) bond motifs is 7. The van der Waals surface area contributed by atoms with Crippen LogP contribution in [0.4, 0.5) is 0 Å². The van der Waals surface area contributed by atoms with E-state index in [0.717, 1.165) is 45.1 Å². The molecule has 9 aliphatic rings. The predicted molar refractivity (Wildman–Crippen MR) is 213 cm³/mol. The largest absolute Gasteiger partial charge is 0.394 e. The molecule has 0 amide bonds. The minimum absolute atomic E-state index is 0.0171. The van der Waals surface area contributed by atoms with Crippen molar-refractivity contribution in [1.29, 1.82) is 0 Å². The Kier molecular flexibility index (Phi) is 12.4. The van der Waals surface area contributed by atoms with Crippen LogP contribution >= 0.6 is 0 Å². The topological polar surface area (TPSA) is 236 Å². The van der Waals surface area contributed by atoms with Crippen LogP contribution in [0.1, 0.15) is 99.3 Å². The molecule has 16 heteroatoms. The molecule has 0 radical (unpaired) electrons. The van der Waals surface area contributed by atoms with E-state index in [1.807, 2.05) is 0 Å². The molecule has 8 N–H and O–H groups in total. The van der Waals surface area contributed by atoms with Crippen molar-refractivity contribution in [3.8, 4) is 0 Å². The zero-order valence-electron chi connectivity index (χ0n) is 36.5. The third kappa shape index (κ3) is 7.42. The number of rotatable bonds is 7. The van der Waals surface area contributed by atoms with E-state index in [1.54, 1.807) is 0 Å². The third-order valence-electron chi connectivity index (χ3n) is 17.6. The maximum atomic E-state index is 12.0. The van der Waals surface area contributed by atoms with Gasteiger partial charge in [0.25, 0.3) is 0 Å². The Hall–Kier alpha value is -0.900. The summed E-state index contributed by atoms with van der Waals surface area (Å²) in [6, 6.07) is 0. The minimum atomic E-state index is -1.71. The van der Waals surface area contributed by atoms with Gasteiger partial charge in [0.1, 0.15) is 61.0 Å². The number of aliphatic hydroxyl groups is 8. The fourth-order valence-electron chi connectivity index (χ4n) is 14.0. The predicted octanol–water partition coefficient (Wildman–Crippen LogP) is 1.24. The Morgan fingerprint density at radius 1 is 0.689 bits per heavy atom. The highest BCUT2D eigenvalue weighted by molar-refractivity contribution is 5.26. The molecule has 0 aromatic rings. The average molecular weight is 869 g/mol. The lowest BCUT2D eigenvalue weighted by molar-refractivity contribution is -0.388.